The molecule has 7 nitrogen and oxygen atoms in total. The van der Waals surface area contributed by atoms with Crippen LogP contribution in [0.3, 0.4) is 0 Å². The Hall–Kier alpha value is -2.47. The van der Waals surface area contributed by atoms with Gasteiger partial charge < -0.3 is 21.1 Å². The van der Waals surface area contributed by atoms with Crippen molar-refractivity contribution in [3.8, 4) is 17.6 Å². The minimum Gasteiger partial charge on any atom is -0.490 e. The van der Waals surface area contributed by atoms with Crippen molar-refractivity contribution in [2.24, 2.45) is 5.73 Å². The molecule has 0 radical (unpaired) electrons. The number of unbranched alkanes of at least 4 members (excludes halogenated alkanes) is 1. The highest BCUT2D eigenvalue weighted by Crippen LogP contribution is 2.17. The van der Waals surface area contributed by atoms with E-state index in [2.05, 4.69) is 27.6 Å². The maximum absolute atomic E-state index is 12.0. The third kappa shape index (κ3) is 8.11. The first-order valence-electron chi connectivity index (χ1n) is 10.2. The van der Waals surface area contributed by atoms with E-state index in [1.807, 2.05) is 24.3 Å². The Balaban J connectivity index is 0.00000320. The van der Waals surface area contributed by atoms with E-state index in [1.54, 1.807) is 23.1 Å². The smallest absolute Gasteiger partial charge is 0.238 e. The molecule has 0 spiro atoms. The lowest BCUT2D eigenvalue weighted by Gasteiger charge is -2.23. The van der Waals surface area contributed by atoms with Crippen molar-refractivity contribution in [2.45, 2.75) is 44.4 Å². The van der Waals surface area contributed by atoms with Gasteiger partial charge >= 0.3 is 0 Å². The first-order chi connectivity index (χ1) is 14.2. The topological polar surface area (TPSA) is 94.2 Å². The molecule has 1 saturated heterocycles. The second kappa shape index (κ2) is 13.0. The summed E-state index contributed by atoms with van der Waals surface area (Å²) < 4.78 is 7.71. The highest BCUT2D eigenvalue weighted by molar-refractivity contribution is 7.59. The molecule has 1 aliphatic rings. The molecule has 3 rings (SSSR count). The molecule has 1 aromatic carbocycles. The average molecular weight is 430 g/mol. The number of amides is 1. The lowest BCUT2D eigenvalue weighted by Crippen LogP contribution is -2.43. The minimum atomic E-state index is -0.608. The van der Waals surface area contributed by atoms with Gasteiger partial charge in [-0.2, -0.15) is 18.6 Å². The fraction of sp³-hybridized carbons (Fsp3) is 0.455. The summed E-state index contributed by atoms with van der Waals surface area (Å²) in [5, 5.41) is 10.2. The number of aromatic nitrogens is 2. The van der Waals surface area contributed by atoms with Gasteiger partial charge in [-0.3, -0.25) is 9.48 Å². The second-order valence-electron chi connectivity index (χ2n) is 7.13. The summed E-state index contributed by atoms with van der Waals surface area (Å²) in [5.41, 5.74) is 6.84. The summed E-state index contributed by atoms with van der Waals surface area (Å²) in [5.74, 6) is 7.04. The van der Waals surface area contributed by atoms with Crippen LogP contribution in [0.1, 0.15) is 31.2 Å². The largest absolute Gasteiger partial charge is 0.490 e. The standard InChI is InChI=1S/C22H29N5O2.H2S/c23-21(17-27-15-5-12-26-27)22(28)25-11-3-1-2-6-18-7-4-8-20(16-18)29-19-9-13-24-14-10-19;/h4-5,7-8,12,15-16,19,21,24H,1,3,9-11,13-14,17,23H2,(H,25,28);1H2/t21-;/m0./s1. The first kappa shape index (κ1) is 23.8. The SMILES string of the molecule is N[C@@H](Cn1cccn1)C(=O)NCCCC#Cc1cccc(OC2CCNCC2)c1.S. The van der Waals surface area contributed by atoms with Crippen LogP contribution in [0.15, 0.2) is 42.7 Å². The van der Waals surface area contributed by atoms with E-state index in [0.29, 0.717) is 19.5 Å². The van der Waals surface area contributed by atoms with E-state index in [-0.39, 0.29) is 25.5 Å². The molecule has 0 bridgehead atoms. The number of rotatable bonds is 8. The van der Waals surface area contributed by atoms with Crippen molar-refractivity contribution in [3.63, 3.8) is 0 Å². The predicted octanol–water partition coefficient (Wildman–Crippen LogP) is 1.40. The third-order valence-corrected chi connectivity index (χ3v) is 4.71. The maximum Gasteiger partial charge on any atom is 0.238 e. The van der Waals surface area contributed by atoms with Gasteiger partial charge in [-0.05, 0) is 56.6 Å². The number of nitrogens with one attached hydrogen (secondary N) is 2. The molecular formula is C22H31N5O2S. The molecule has 1 atom stereocenters. The van der Waals surface area contributed by atoms with Crippen molar-refractivity contribution in [1.82, 2.24) is 20.4 Å². The molecule has 2 heterocycles. The molecule has 8 heteroatoms. The van der Waals surface area contributed by atoms with Gasteiger partial charge in [-0.25, -0.2) is 0 Å². The highest BCUT2D eigenvalue weighted by atomic mass is 32.1. The molecule has 1 aromatic heterocycles. The first-order valence-corrected chi connectivity index (χ1v) is 10.2. The van der Waals surface area contributed by atoms with E-state index < -0.39 is 6.04 Å². The number of piperidine rings is 1. The molecule has 1 amide bonds. The van der Waals surface area contributed by atoms with Crippen LogP contribution in [-0.2, 0) is 11.3 Å². The van der Waals surface area contributed by atoms with Gasteiger partial charge in [0.25, 0.3) is 0 Å². The summed E-state index contributed by atoms with van der Waals surface area (Å²) in [6, 6.07) is 9.13. The van der Waals surface area contributed by atoms with Gasteiger partial charge in [0, 0.05) is 30.9 Å². The molecule has 0 saturated carbocycles. The van der Waals surface area contributed by atoms with Gasteiger partial charge in [0.2, 0.25) is 5.91 Å². The number of nitrogens with two attached hydrogens (primary N) is 1. The predicted molar refractivity (Wildman–Crippen MR) is 123 cm³/mol. The van der Waals surface area contributed by atoms with E-state index in [1.165, 1.54) is 0 Å². The Labute approximate surface area is 185 Å². The second-order valence-corrected chi connectivity index (χ2v) is 7.13. The molecule has 4 N–H and O–H groups in total. The summed E-state index contributed by atoms with van der Waals surface area (Å²) >= 11 is 0. The number of carbonyl (C=O) groups is 1. The number of hydrogen-bond acceptors (Lipinski definition) is 5. The Morgan fingerprint density at radius 1 is 1.37 bits per heavy atom. The van der Waals surface area contributed by atoms with E-state index in [0.717, 1.165) is 43.7 Å². The van der Waals surface area contributed by atoms with E-state index in [9.17, 15) is 4.79 Å². The van der Waals surface area contributed by atoms with Gasteiger partial charge in [-0.15, -0.1) is 0 Å². The fourth-order valence-electron chi connectivity index (χ4n) is 3.13. The van der Waals surface area contributed by atoms with E-state index in [4.69, 9.17) is 10.5 Å². The van der Waals surface area contributed by atoms with Crippen LogP contribution in [-0.4, -0.2) is 47.5 Å². The minimum absolute atomic E-state index is 0. The van der Waals surface area contributed by atoms with Gasteiger partial charge in [0.15, 0.2) is 0 Å². The van der Waals surface area contributed by atoms with Crippen LogP contribution in [0.5, 0.6) is 5.75 Å². The lowest BCUT2D eigenvalue weighted by molar-refractivity contribution is -0.122. The molecule has 0 unspecified atom stereocenters. The highest BCUT2D eigenvalue weighted by Gasteiger charge is 2.14. The monoisotopic (exact) mass is 429 g/mol. The zero-order chi connectivity index (χ0) is 20.3. The molecule has 30 heavy (non-hydrogen) atoms. The molecule has 0 aliphatic carbocycles. The zero-order valence-electron chi connectivity index (χ0n) is 17.1. The van der Waals surface area contributed by atoms with Crippen molar-refractivity contribution < 1.29 is 9.53 Å². The van der Waals surface area contributed by atoms with Crippen molar-refractivity contribution in [3.05, 3.63) is 48.3 Å². The Morgan fingerprint density at radius 2 is 2.20 bits per heavy atom. The normalized spacial score (nSPS) is 14.7. The molecule has 2 aromatic rings. The van der Waals surface area contributed by atoms with Crippen LogP contribution < -0.4 is 21.1 Å². The number of ether oxygens (including phenoxy) is 1. The van der Waals surface area contributed by atoms with Crippen molar-refractivity contribution >= 4 is 19.4 Å². The summed E-state index contributed by atoms with van der Waals surface area (Å²) in [6.07, 6.45) is 7.28. The van der Waals surface area contributed by atoms with Crippen LogP contribution in [0.2, 0.25) is 0 Å². The number of carbonyl (C=O) groups excluding carboxylic acids is 1. The van der Waals surface area contributed by atoms with Crippen LogP contribution in [0.4, 0.5) is 0 Å². The quantitative estimate of drug-likeness (QED) is 0.436. The van der Waals surface area contributed by atoms with Gasteiger partial charge in [0.05, 0.1) is 6.54 Å². The number of benzene rings is 1. The lowest BCUT2D eigenvalue weighted by atomic mass is 10.1. The Kier molecular flexibility index (Phi) is 10.3. The maximum atomic E-state index is 12.0. The zero-order valence-corrected chi connectivity index (χ0v) is 18.1. The molecule has 1 aliphatic heterocycles. The number of hydrogen-bond donors (Lipinski definition) is 3. The fourth-order valence-corrected chi connectivity index (χ4v) is 3.13. The van der Waals surface area contributed by atoms with Crippen LogP contribution >= 0.6 is 13.5 Å². The van der Waals surface area contributed by atoms with Gasteiger partial charge in [0.1, 0.15) is 17.9 Å². The van der Waals surface area contributed by atoms with Crippen LogP contribution in [0.25, 0.3) is 0 Å². The van der Waals surface area contributed by atoms with Crippen molar-refractivity contribution in [1.29, 1.82) is 0 Å². The Bertz CT molecular complexity index is 826. The Morgan fingerprint density at radius 3 is 2.97 bits per heavy atom. The third-order valence-electron chi connectivity index (χ3n) is 4.71. The molecule has 1 fully saturated rings. The van der Waals surface area contributed by atoms with Gasteiger partial charge in [-0.1, -0.05) is 17.9 Å². The average Bonchev–Trinajstić information content (AvgIpc) is 3.24. The molecule has 162 valence electrons. The summed E-state index contributed by atoms with van der Waals surface area (Å²) in [4.78, 5) is 12.0. The van der Waals surface area contributed by atoms with E-state index >= 15 is 0 Å². The van der Waals surface area contributed by atoms with Crippen LogP contribution in [0, 0.1) is 11.8 Å². The number of nitrogens with zero attached hydrogens (tertiary/aromatic N) is 2. The van der Waals surface area contributed by atoms with Crippen molar-refractivity contribution in [2.75, 3.05) is 19.6 Å². The molecular weight excluding hydrogens is 398 g/mol. The summed E-state index contributed by atoms with van der Waals surface area (Å²) in [7, 11) is 0. The summed E-state index contributed by atoms with van der Waals surface area (Å²) in [6.45, 7) is 2.94.